The molecule has 4 heteroatoms. The van der Waals surface area contributed by atoms with Gasteiger partial charge in [0.25, 0.3) is 0 Å². The predicted octanol–water partition coefficient (Wildman–Crippen LogP) is 3.48. The first-order valence-electron chi connectivity index (χ1n) is 8.76. The van der Waals surface area contributed by atoms with Gasteiger partial charge in [-0.25, -0.2) is 0 Å². The fourth-order valence-electron chi connectivity index (χ4n) is 2.91. The van der Waals surface area contributed by atoms with Crippen molar-refractivity contribution in [3.05, 3.63) is 65.2 Å². The predicted molar refractivity (Wildman–Crippen MR) is 102 cm³/mol. The van der Waals surface area contributed by atoms with E-state index in [1.807, 2.05) is 48.5 Å². The molecule has 132 valence electrons. The molecule has 0 fully saturated rings. The van der Waals surface area contributed by atoms with Gasteiger partial charge in [0, 0.05) is 13.5 Å². The maximum Gasteiger partial charge on any atom is 0.240 e. The number of aryl methyl sites for hydroxylation is 2. The van der Waals surface area contributed by atoms with Gasteiger partial charge in [0.2, 0.25) is 11.8 Å². The van der Waals surface area contributed by atoms with E-state index in [9.17, 15) is 9.59 Å². The van der Waals surface area contributed by atoms with Gasteiger partial charge in [-0.1, -0.05) is 62.4 Å². The summed E-state index contributed by atoms with van der Waals surface area (Å²) < 4.78 is 0. The third-order valence-electron chi connectivity index (χ3n) is 4.25. The van der Waals surface area contributed by atoms with Crippen LogP contribution in [0.2, 0.25) is 0 Å². The van der Waals surface area contributed by atoms with E-state index in [1.54, 1.807) is 4.90 Å². The summed E-state index contributed by atoms with van der Waals surface area (Å²) in [7, 11) is 0. The highest BCUT2D eigenvalue weighted by molar-refractivity contribution is 5.98. The highest BCUT2D eigenvalue weighted by Gasteiger charge is 2.20. The molecule has 0 aliphatic heterocycles. The molecule has 1 N–H and O–H groups in total. The molecule has 2 aromatic rings. The Morgan fingerprint density at radius 1 is 0.920 bits per heavy atom. The van der Waals surface area contributed by atoms with Crippen LogP contribution in [-0.2, 0) is 29.0 Å². The third-order valence-corrected chi connectivity index (χ3v) is 4.25. The van der Waals surface area contributed by atoms with Crippen LogP contribution in [0.5, 0.6) is 0 Å². The number of para-hydroxylation sites is 1. The maximum absolute atomic E-state index is 12.4. The molecule has 0 bridgehead atoms. The number of nitrogens with zero attached hydrogens (tertiary/aromatic N) is 1. The maximum atomic E-state index is 12.4. The van der Waals surface area contributed by atoms with Crippen LogP contribution in [0.1, 0.15) is 37.5 Å². The van der Waals surface area contributed by atoms with Gasteiger partial charge < -0.3 is 10.2 Å². The summed E-state index contributed by atoms with van der Waals surface area (Å²) in [5, 5.41) is 2.90. The van der Waals surface area contributed by atoms with E-state index >= 15 is 0 Å². The lowest BCUT2D eigenvalue weighted by Crippen LogP contribution is -2.40. The molecule has 25 heavy (non-hydrogen) atoms. The number of rotatable bonds is 7. The monoisotopic (exact) mass is 338 g/mol. The highest BCUT2D eigenvalue weighted by Crippen LogP contribution is 2.27. The molecule has 4 nitrogen and oxygen atoms in total. The summed E-state index contributed by atoms with van der Waals surface area (Å²) in [6.45, 7) is 6.13. The lowest BCUT2D eigenvalue weighted by Gasteiger charge is -2.26. The van der Waals surface area contributed by atoms with Gasteiger partial charge in [0.05, 0.1) is 5.69 Å². The van der Waals surface area contributed by atoms with Gasteiger partial charge in [-0.2, -0.15) is 0 Å². The quantitative estimate of drug-likeness (QED) is 0.840. The Balaban J connectivity index is 2.16. The summed E-state index contributed by atoms with van der Waals surface area (Å²) in [6, 6.07) is 15.8. The lowest BCUT2D eigenvalue weighted by atomic mass is 10.0. The Morgan fingerprint density at radius 3 is 2.04 bits per heavy atom. The first kappa shape index (κ1) is 18.7. The summed E-state index contributed by atoms with van der Waals surface area (Å²) in [5.74, 6) is -0.280. The number of hydrogen-bond acceptors (Lipinski definition) is 2. The lowest BCUT2D eigenvalue weighted by molar-refractivity contribution is -0.123. The number of benzene rings is 2. The average Bonchev–Trinajstić information content (AvgIpc) is 2.64. The molecular formula is C21H26N2O2. The molecule has 0 aromatic heterocycles. The van der Waals surface area contributed by atoms with Crippen molar-refractivity contribution < 1.29 is 9.59 Å². The van der Waals surface area contributed by atoms with Gasteiger partial charge >= 0.3 is 0 Å². The zero-order valence-electron chi connectivity index (χ0n) is 15.2. The van der Waals surface area contributed by atoms with Crippen LogP contribution in [0.4, 0.5) is 5.69 Å². The molecule has 0 unspecified atom stereocenters. The minimum Gasteiger partial charge on any atom is -0.350 e. The fraction of sp³-hybridized carbons (Fsp3) is 0.333. The number of carbonyl (C=O) groups is 2. The van der Waals surface area contributed by atoms with Crippen molar-refractivity contribution >= 4 is 17.5 Å². The van der Waals surface area contributed by atoms with Crippen LogP contribution in [0.25, 0.3) is 0 Å². The normalized spacial score (nSPS) is 10.4. The molecule has 0 aliphatic carbocycles. The summed E-state index contributed by atoms with van der Waals surface area (Å²) in [5.41, 5.74) is 4.10. The van der Waals surface area contributed by atoms with E-state index in [0.717, 1.165) is 35.2 Å². The Morgan fingerprint density at radius 2 is 1.52 bits per heavy atom. The van der Waals surface area contributed by atoms with Gasteiger partial charge in [-0.05, 0) is 29.5 Å². The highest BCUT2D eigenvalue weighted by atomic mass is 16.2. The van der Waals surface area contributed by atoms with E-state index in [-0.39, 0.29) is 18.4 Å². The molecular weight excluding hydrogens is 312 g/mol. The van der Waals surface area contributed by atoms with Crippen molar-refractivity contribution in [1.29, 1.82) is 0 Å². The molecule has 0 saturated carbocycles. The molecule has 2 aromatic carbocycles. The van der Waals surface area contributed by atoms with Crippen molar-refractivity contribution in [3.8, 4) is 0 Å². The van der Waals surface area contributed by atoms with E-state index in [1.165, 1.54) is 6.92 Å². The SMILES string of the molecule is CCc1cccc(CC)c1N(CC(=O)NCc1ccccc1)C(C)=O. The molecule has 0 spiro atoms. The first-order valence-corrected chi connectivity index (χ1v) is 8.76. The summed E-state index contributed by atoms with van der Waals surface area (Å²) >= 11 is 0. The molecule has 0 atom stereocenters. The second-order valence-electron chi connectivity index (χ2n) is 6.00. The molecule has 2 rings (SSSR count). The van der Waals surface area contributed by atoms with Gasteiger partial charge in [-0.15, -0.1) is 0 Å². The number of hydrogen-bond donors (Lipinski definition) is 1. The van der Waals surface area contributed by atoms with E-state index in [0.29, 0.717) is 6.54 Å². The smallest absolute Gasteiger partial charge is 0.240 e. The molecule has 0 radical (unpaired) electrons. The van der Waals surface area contributed by atoms with Gasteiger partial charge in [0.15, 0.2) is 0 Å². The Labute approximate surface area is 149 Å². The third kappa shape index (κ3) is 4.92. The van der Waals surface area contributed by atoms with Gasteiger partial charge in [0.1, 0.15) is 6.54 Å². The number of nitrogens with one attached hydrogen (secondary N) is 1. The Bertz CT molecular complexity index is 704. The summed E-state index contributed by atoms with van der Waals surface area (Å²) in [4.78, 5) is 26.2. The van der Waals surface area contributed by atoms with Gasteiger partial charge in [-0.3, -0.25) is 9.59 Å². The Hall–Kier alpha value is -2.62. The minimum atomic E-state index is -0.160. The van der Waals surface area contributed by atoms with Crippen LogP contribution in [0.15, 0.2) is 48.5 Å². The standard InChI is InChI=1S/C21H26N2O2/c1-4-18-12-9-13-19(5-2)21(18)23(16(3)24)15-20(25)22-14-17-10-7-6-8-11-17/h6-13H,4-5,14-15H2,1-3H3,(H,22,25). The van der Waals surface area contributed by atoms with Crippen LogP contribution in [0.3, 0.4) is 0 Å². The van der Waals surface area contributed by atoms with Crippen LogP contribution in [-0.4, -0.2) is 18.4 Å². The van der Waals surface area contributed by atoms with E-state index < -0.39 is 0 Å². The second kappa shape index (κ2) is 9.02. The van der Waals surface area contributed by atoms with Crippen LogP contribution >= 0.6 is 0 Å². The molecule has 0 saturated heterocycles. The van der Waals surface area contributed by atoms with Crippen molar-refractivity contribution in [2.24, 2.45) is 0 Å². The minimum absolute atomic E-state index is 0.0339. The number of carbonyl (C=O) groups excluding carboxylic acids is 2. The van der Waals surface area contributed by atoms with Crippen molar-refractivity contribution in [1.82, 2.24) is 5.32 Å². The van der Waals surface area contributed by atoms with Crippen molar-refractivity contribution in [3.63, 3.8) is 0 Å². The zero-order chi connectivity index (χ0) is 18.2. The molecule has 0 heterocycles. The zero-order valence-corrected chi connectivity index (χ0v) is 15.2. The first-order chi connectivity index (χ1) is 12.1. The molecule has 2 amide bonds. The largest absolute Gasteiger partial charge is 0.350 e. The van der Waals surface area contributed by atoms with Crippen molar-refractivity contribution in [2.75, 3.05) is 11.4 Å². The van der Waals surface area contributed by atoms with Crippen LogP contribution in [0, 0.1) is 0 Å². The summed E-state index contributed by atoms with van der Waals surface area (Å²) in [6.07, 6.45) is 1.64. The molecule has 0 aliphatic rings. The number of anilines is 1. The second-order valence-corrected chi connectivity index (χ2v) is 6.00. The number of amides is 2. The van der Waals surface area contributed by atoms with Crippen molar-refractivity contribution in [2.45, 2.75) is 40.2 Å². The van der Waals surface area contributed by atoms with E-state index in [4.69, 9.17) is 0 Å². The average molecular weight is 338 g/mol. The Kier molecular flexibility index (Phi) is 6.75. The topological polar surface area (TPSA) is 49.4 Å². The van der Waals surface area contributed by atoms with Crippen LogP contribution < -0.4 is 10.2 Å². The fourth-order valence-corrected chi connectivity index (χ4v) is 2.91. The van der Waals surface area contributed by atoms with E-state index in [2.05, 4.69) is 19.2 Å².